The molecule has 0 saturated carbocycles. The maximum atomic E-state index is 13.0. The maximum Gasteiger partial charge on any atom is 0.416 e. The predicted molar refractivity (Wildman–Crippen MR) is 181 cm³/mol. The number of benzene rings is 4. The Labute approximate surface area is 272 Å². The molecule has 1 aliphatic rings. The molecular weight excluding hydrogens is 598 g/mol. The van der Waals surface area contributed by atoms with Gasteiger partial charge in [-0.3, -0.25) is 9.69 Å². The number of pyridine rings is 1. The smallest absolute Gasteiger partial charge is 0.416 e. The highest BCUT2D eigenvalue weighted by Gasteiger charge is 2.21. The molecule has 0 aliphatic carbocycles. The lowest BCUT2D eigenvalue weighted by atomic mass is 10.1. The molecule has 240 valence electrons. The van der Waals surface area contributed by atoms with Crippen molar-refractivity contribution in [2.24, 2.45) is 0 Å². The number of amides is 2. The molecule has 5 aromatic rings. The van der Waals surface area contributed by atoms with E-state index in [9.17, 15) is 14.7 Å². The van der Waals surface area contributed by atoms with Crippen LogP contribution in [0.25, 0.3) is 10.8 Å². The summed E-state index contributed by atoms with van der Waals surface area (Å²) in [7, 11) is 1.55. The quantitative estimate of drug-likeness (QED) is 0.146. The van der Waals surface area contributed by atoms with Crippen molar-refractivity contribution in [3.05, 3.63) is 109 Å². The monoisotopic (exact) mass is 633 g/mol. The summed E-state index contributed by atoms with van der Waals surface area (Å²) in [4.78, 5) is 33.3. The summed E-state index contributed by atoms with van der Waals surface area (Å²) in [6, 6.07) is 28.7. The van der Waals surface area contributed by atoms with Crippen LogP contribution in [0.1, 0.15) is 10.4 Å². The Bertz CT molecular complexity index is 1860. The number of nitrogens with one attached hydrogen (secondary N) is 2. The lowest BCUT2D eigenvalue weighted by molar-refractivity contribution is 0.0383. The number of morpholine rings is 1. The molecule has 1 saturated heterocycles. The minimum atomic E-state index is -1.09. The van der Waals surface area contributed by atoms with Gasteiger partial charge in [-0.15, -0.1) is 0 Å². The molecule has 1 fully saturated rings. The molecule has 0 unspecified atom stereocenters. The third-order valence-electron chi connectivity index (χ3n) is 7.76. The van der Waals surface area contributed by atoms with E-state index in [1.807, 2.05) is 30.3 Å². The SMILES string of the molecule is COc1cc(Nc2cc(Oc3ccc(N(C(=O)O)c4ccccc4)c4ccccc34)ccn2)cc(C(=O)NCCN2CCOCC2)c1. The summed E-state index contributed by atoms with van der Waals surface area (Å²) < 4.78 is 17.2. The van der Waals surface area contributed by atoms with Crippen molar-refractivity contribution < 1.29 is 28.9 Å². The van der Waals surface area contributed by atoms with E-state index in [-0.39, 0.29) is 5.91 Å². The summed E-state index contributed by atoms with van der Waals surface area (Å²) in [6.07, 6.45) is 0.529. The first-order valence-corrected chi connectivity index (χ1v) is 15.3. The first kappa shape index (κ1) is 31.3. The number of nitrogens with zero attached hydrogens (tertiary/aromatic N) is 3. The summed E-state index contributed by atoms with van der Waals surface area (Å²) in [5.74, 6) is 1.89. The Morgan fingerprint density at radius 3 is 2.45 bits per heavy atom. The standard InChI is InChI=1S/C36H35N5O6/c1-45-29-22-25(35(42)38-15-16-40-17-19-46-20-18-40)21-26(23-29)39-34-24-28(13-14-37-34)47-33-12-11-32(30-9-5-6-10-31(30)33)41(36(43)44)27-7-3-2-4-8-27/h2-14,21-24H,15-20H2,1H3,(H,37,39)(H,38,42)(H,43,44). The van der Waals surface area contributed by atoms with E-state index < -0.39 is 6.09 Å². The van der Waals surface area contributed by atoms with Crippen LogP contribution in [0, 0.1) is 0 Å². The molecule has 4 aromatic carbocycles. The number of carboxylic acid groups (broad SMARTS) is 1. The summed E-state index contributed by atoms with van der Waals surface area (Å²) >= 11 is 0. The molecule has 0 bridgehead atoms. The molecule has 3 N–H and O–H groups in total. The van der Waals surface area contributed by atoms with Gasteiger partial charge >= 0.3 is 6.09 Å². The Morgan fingerprint density at radius 1 is 0.915 bits per heavy atom. The largest absolute Gasteiger partial charge is 0.497 e. The van der Waals surface area contributed by atoms with Gasteiger partial charge in [-0.2, -0.15) is 0 Å². The van der Waals surface area contributed by atoms with Crippen molar-refractivity contribution in [1.82, 2.24) is 15.2 Å². The molecular formula is C36H35N5O6. The Morgan fingerprint density at radius 2 is 1.68 bits per heavy atom. The zero-order valence-electron chi connectivity index (χ0n) is 25.9. The van der Waals surface area contributed by atoms with Gasteiger partial charge in [0.05, 0.1) is 31.7 Å². The average Bonchev–Trinajstić information content (AvgIpc) is 3.10. The number of rotatable bonds is 11. The van der Waals surface area contributed by atoms with Crippen LogP contribution in [0.15, 0.2) is 103 Å². The third kappa shape index (κ3) is 7.60. The van der Waals surface area contributed by atoms with Crippen LogP contribution >= 0.6 is 0 Å². The number of methoxy groups -OCH3 is 1. The van der Waals surface area contributed by atoms with E-state index in [1.165, 1.54) is 4.90 Å². The van der Waals surface area contributed by atoms with Crippen molar-refractivity contribution in [2.45, 2.75) is 0 Å². The Balaban J connectivity index is 1.20. The van der Waals surface area contributed by atoms with Gasteiger partial charge in [-0.25, -0.2) is 14.7 Å². The van der Waals surface area contributed by atoms with Gasteiger partial charge in [-0.1, -0.05) is 42.5 Å². The number of hydrogen-bond donors (Lipinski definition) is 3. The van der Waals surface area contributed by atoms with Gasteiger partial charge < -0.3 is 30.0 Å². The normalized spacial score (nSPS) is 13.1. The van der Waals surface area contributed by atoms with Crippen molar-refractivity contribution in [1.29, 1.82) is 0 Å². The third-order valence-corrected chi connectivity index (χ3v) is 7.76. The molecule has 2 heterocycles. The first-order chi connectivity index (χ1) is 23.0. The highest BCUT2D eigenvalue weighted by molar-refractivity contribution is 6.07. The van der Waals surface area contributed by atoms with E-state index in [2.05, 4.69) is 20.5 Å². The summed E-state index contributed by atoms with van der Waals surface area (Å²) in [6.45, 7) is 4.42. The molecule has 0 atom stereocenters. The number of carbonyl (C=O) groups excluding carboxylic acids is 1. The molecule has 2 amide bonds. The minimum Gasteiger partial charge on any atom is -0.497 e. The van der Waals surface area contributed by atoms with Crippen LogP contribution in [-0.4, -0.2) is 73.5 Å². The van der Waals surface area contributed by atoms with Crippen LogP contribution in [0.2, 0.25) is 0 Å². The minimum absolute atomic E-state index is 0.200. The van der Waals surface area contributed by atoms with Gasteiger partial charge in [-0.05, 0) is 42.5 Å². The lowest BCUT2D eigenvalue weighted by Gasteiger charge is -2.26. The second kappa shape index (κ2) is 14.6. The average molecular weight is 634 g/mol. The molecule has 0 radical (unpaired) electrons. The topological polar surface area (TPSA) is 125 Å². The lowest BCUT2D eigenvalue weighted by Crippen LogP contribution is -2.41. The predicted octanol–water partition coefficient (Wildman–Crippen LogP) is 6.66. The molecule has 1 aromatic heterocycles. The van der Waals surface area contributed by atoms with Crippen molar-refractivity contribution in [2.75, 3.05) is 56.7 Å². The van der Waals surface area contributed by atoms with Crippen molar-refractivity contribution >= 4 is 45.7 Å². The van der Waals surface area contributed by atoms with E-state index in [0.29, 0.717) is 65.5 Å². The number of anilines is 4. The Kier molecular flexibility index (Phi) is 9.75. The fraction of sp³-hybridized carbons (Fsp3) is 0.194. The molecule has 6 rings (SSSR count). The van der Waals surface area contributed by atoms with Crippen molar-refractivity contribution in [3.8, 4) is 17.2 Å². The number of para-hydroxylation sites is 1. The van der Waals surface area contributed by atoms with E-state index in [0.717, 1.165) is 30.4 Å². The number of aromatic nitrogens is 1. The van der Waals surface area contributed by atoms with E-state index in [1.54, 1.807) is 80.0 Å². The highest BCUT2D eigenvalue weighted by atomic mass is 16.5. The maximum absolute atomic E-state index is 13.0. The van der Waals surface area contributed by atoms with E-state index in [4.69, 9.17) is 14.2 Å². The number of carbonyl (C=O) groups is 2. The molecule has 47 heavy (non-hydrogen) atoms. The van der Waals surface area contributed by atoms with Crippen LogP contribution < -0.4 is 25.0 Å². The van der Waals surface area contributed by atoms with Crippen LogP contribution in [0.5, 0.6) is 17.2 Å². The van der Waals surface area contributed by atoms with Gasteiger partial charge in [0.25, 0.3) is 5.91 Å². The number of fused-ring (bicyclic) bond motifs is 1. The van der Waals surface area contributed by atoms with Gasteiger partial charge in [0.15, 0.2) is 0 Å². The van der Waals surface area contributed by atoms with Crippen LogP contribution in [-0.2, 0) is 4.74 Å². The van der Waals surface area contributed by atoms with Crippen LogP contribution in [0.4, 0.5) is 27.7 Å². The highest BCUT2D eigenvalue weighted by Crippen LogP contribution is 2.39. The first-order valence-electron chi connectivity index (χ1n) is 15.3. The summed E-state index contributed by atoms with van der Waals surface area (Å²) in [5, 5.41) is 17.8. The molecule has 1 aliphatic heterocycles. The Hall–Kier alpha value is -5.65. The zero-order valence-corrected chi connectivity index (χ0v) is 25.9. The molecule has 11 heteroatoms. The fourth-order valence-corrected chi connectivity index (χ4v) is 5.46. The number of ether oxygens (including phenoxy) is 3. The number of hydrogen-bond acceptors (Lipinski definition) is 8. The second-order valence-electron chi connectivity index (χ2n) is 10.8. The zero-order chi connectivity index (χ0) is 32.6. The fourth-order valence-electron chi connectivity index (χ4n) is 5.46. The van der Waals surface area contributed by atoms with Gasteiger partial charge in [0.1, 0.15) is 23.1 Å². The van der Waals surface area contributed by atoms with Crippen molar-refractivity contribution in [3.63, 3.8) is 0 Å². The second-order valence-corrected chi connectivity index (χ2v) is 10.8. The molecule has 11 nitrogen and oxygen atoms in total. The van der Waals surface area contributed by atoms with E-state index >= 15 is 0 Å². The van der Waals surface area contributed by atoms with Crippen LogP contribution in [0.3, 0.4) is 0 Å². The molecule has 0 spiro atoms. The van der Waals surface area contributed by atoms with Gasteiger partial charge in [0.2, 0.25) is 0 Å². The summed E-state index contributed by atoms with van der Waals surface area (Å²) in [5.41, 5.74) is 2.13. The van der Waals surface area contributed by atoms with Gasteiger partial charge in [0, 0.05) is 66.5 Å².